The SMILES string of the molecule is CC(C)(C(=O)O)C1=Cc2ccc(Br)cc2C1. The van der Waals surface area contributed by atoms with E-state index in [1.807, 2.05) is 18.2 Å². The van der Waals surface area contributed by atoms with Crippen molar-refractivity contribution in [2.75, 3.05) is 0 Å². The summed E-state index contributed by atoms with van der Waals surface area (Å²) in [6.45, 7) is 3.50. The van der Waals surface area contributed by atoms with Gasteiger partial charge in [-0.2, -0.15) is 0 Å². The van der Waals surface area contributed by atoms with Crippen LogP contribution in [0.5, 0.6) is 0 Å². The fourth-order valence-corrected chi connectivity index (χ4v) is 2.26. The van der Waals surface area contributed by atoms with Crippen LogP contribution < -0.4 is 0 Å². The van der Waals surface area contributed by atoms with E-state index in [0.29, 0.717) is 0 Å². The molecule has 0 saturated carbocycles. The van der Waals surface area contributed by atoms with Gasteiger partial charge in [0.25, 0.3) is 0 Å². The number of hydrogen-bond acceptors (Lipinski definition) is 1. The third-order valence-electron chi connectivity index (χ3n) is 3.15. The molecule has 3 heteroatoms. The Balaban J connectivity index is 2.37. The molecule has 1 aliphatic carbocycles. The minimum Gasteiger partial charge on any atom is -0.481 e. The molecule has 0 bridgehead atoms. The van der Waals surface area contributed by atoms with Gasteiger partial charge in [0, 0.05) is 4.47 Å². The molecule has 0 spiro atoms. The van der Waals surface area contributed by atoms with Crippen molar-refractivity contribution >= 4 is 28.0 Å². The van der Waals surface area contributed by atoms with E-state index in [2.05, 4.69) is 22.0 Å². The van der Waals surface area contributed by atoms with Crippen LogP contribution in [-0.2, 0) is 11.2 Å². The molecular weight excluding hydrogens is 268 g/mol. The number of aliphatic carboxylic acids is 1. The van der Waals surface area contributed by atoms with Gasteiger partial charge in [0.1, 0.15) is 0 Å². The van der Waals surface area contributed by atoms with Crippen molar-refractivity contribution in [3.05, 3.63) is 39.4 Å². The lowest BCUT2D eigenvalue weighted by Gasteiger charge is -2.20. The molecule has 0 radical (unpaired) electrons. The van der Waals surface area contributed by atoms with E-state index in [9.17, 15) is 9.90 Å². The molecule has 16 heavy (non-hydrogen) atoms. The lowest BCUT2D eigenvalue weighted by molar-refractivity contribution is -0.144. The van der Waals surface area contributed by atoms with Crippen molar-refractivity contribution in [1.29, 1.82) is 0 Å². The highest BCUT2D eigenvalue weighted by Gasteiger charge is 2.34. The van der Waals surface area contributed by atoms with Gasteiger partial charge >= 0.3 is 5.97 Å². The zero-order valence-electron chi connectivity index (χ0n) is 9.25. The molecule has 0 atom stereocenters. The number of hydrogen-bond donors (Lipinski definition) is 1. The Morgan fingerprint density at radius 3 is 2.75 bits per heavy atom. The predicted octanol–water partition coefficient (Wildman–Crippen LogP) is 3.50. The Morgan fingerprint density at radius 2 is 2.12 bits per heavy atom. The normalized spacial score (nSPS) is 14.6. The van der Waals surface area contributed by atoms with Gasteiger partial charge in [-0.05, 0) is 49.1 Å². The van der Waals surface area contributed by atoms with E-state index < -0.39 is 11.4 Å². The van der Waals surface area contributed by atoms with E-state index in [1.165, 1.54) is 5.56 Å². The number of benzene rings is 1. The number of carboxylic acid groups (broad SMARTS) is 1. The maximum absolute atomic E-state index is 11.2. The standard InChI is InChI=1S/C13H13BrO2/c1-13(2,12(15)16)10-5-8-3-4-11(14)7-9(8)6-10/h3-5,7H,6H2,1-2H3,(H,15,16). The topological polar surface area (TPSA) is 37.3 Å². The quantitative estimate of drug-likeness (QED) is 0.900. The van der Waals surface area contributed by atoms with Crippen molar-refractivity contribution < 1.29 is 9.90 Å². The number of rotatable bonds is 2. The third kappa shape index (κ3) is 1.80. The fraction of sp³-hybridized carbons (Fsp3) is 0.308. The second-order valence-electron chi connectivity index (χ2n) is 4.62. The van der Waals surface area contributed by atoms with Crippen molar-refractivity contribution in [2.45, 2.75) is 20.3 Å². The van der Waals surface area contributed by atoms with Crippen LogP contribution in [-0.4, -0.2) is 11.1 Å². The monoisotopic (exact) mass is 280 g/mol. The van der Waals surface area contributed by atoms with Gasteiger partial charge in [0.15, 0.2) is 0 Å². The Labute approximate surface area is 103 Å². The molecule has 1 aliphatic rings. The Bertz CT molecular complexity index is 487. The summed E-state index contributed by atoms with van der Waals surface area (Å²) in [6, 6.07) is 6.05. The second kappa shape index (κ2) is 3.74. The van der Waals surface area contributed by atoms with E-state index >= 15 is 0 Å². The lowest BCUT2D eigenvalue weighted by Crippen LogP contribution is -2.26. The number of carboxylic acids is 1. The molecule has 1 aromatic carbocycles. The van der Waals surface area contributed by atoms with Gasteiger partial charge < -0.3 is 5.11 Å². The number of fused-ring (bicyclic) bond motifs is 1. The van der Waals surface area contributed by atoms with Gasteiger partial charge in [0.2, 0.25) is 0 Å². The second-order valence-corrected chi connectivity index (χ2v) is 5.54. The predicted molar refractivity (Wildman–Crippen MR) is 67.2 cm³/mol. The smallest absolute Gasteiger partial charge is 0.313 e. The molecule has 2 rings (SSSR count). The number of halogens is 1. The van der Waals surface area contributed by atoms with Crippen LogP contribution in [0, 0.1) is 5.41 Å². The minimum absolute atomic E-state index is 0.730. The molecule has 0 aromatic heterocycles. The summed E-state index contributed by atoms with van der Waals surface area (Å²) in [5.41, 5.74) is 2.50. The molecule has 0 aliphatic heterocycles. The Kier molecular flexibility index (Phi) is 2.66. The summed E-state index contributed by atoms with van der Waals surface area (Å²) in [6.07, 6.45) is 2.73. The summed E-state index contributed by atoms with van der Waals surface area (Å²) < 4.78 is 1.04. The zero-order valence-corrected chi connectivity index (χ0v) is 10.8. The van der Waals surface area contributed by atoms with E-state index in [0.717, 1.165) is 22.0 Å². The van der Waals surface area contributed by atoms with Crippen molar-refractivity contribution in [2.24, 2.45) is 5.41 Å². The van der Waals surface area contributed by atoms with E-state index in [4.69, 9.17) is 0 Å². The van der Waals surface area contributed by atoms with Gasteiger partial charge in [-0.25, -0.2) is 0 Å². The molecule has 0 saturated heterocycles. The van der Waals surface area contributed by atoms with E-state index in [-0.39, 0.29) is 0 Å². The van der Waals surface area contributed by atoms with Crippen molar-refractivity contribution in [3.63, 3.8) is 0 Å². The Morgan fingerprint density at radius 1 is 1.44 bits per heavy atom. The molecule has 0 fully saturated rings. The highest BCUT2D eigenvalue weighted by molar-refractivity contribution is 9.10. The first-order chi connectivity index (χ1) is 7.41. The summed E-state index contributed by atoms with van der Waals surface area (Å²) in [5.74, 6) is -0.773. The summed E-state index contributed by atoms with van der Waals surface area (Å²) in [4.78, 5) is 11.2. The highest BCUT2D eigenvalue weighted by atomic mass is 79.9. The largest absolute Gasteiger partial charge is 0.481 e. The lowest BCUT2D eigenvalue weighted by atomic mass is 9.83. The maximum atomic E-state index is 11.2. The van der Waals surface area contributed by atoms with E-state index in [1.54, 1.807) is 13.8 Å². The van der Waals surface area contributed by atoms with Gasteiger partial charge in [-0.3, -0.25) is 4.79 Å². The molecule has 1 aromatic rings. The van der Waals surface area contributed by atoms with Crippen LogP contribution in [0.15, 0.2) is 28.2 Å². The minimum atomic E-state index is -0.786. The van der Waals surface area contributed by atoms with Crippen molar-refractivity contribution in [3.8, 4) is 0 Å². The van der Waals surface area contributed by atoms with Gasteiger partial charge in [-0.1, -0.05) is 28.1 Å². The van der Waals surface area contributed by atoms with Crippen LogP contribution in [0.25, 0.3) is 6.08 Å². The summed E-state index contributed by atoms with van der Waals surface area (Å²) in [5, 5.41) is 9.19. The van der Waals surface area contributed by atoms with Gasteiger partial charge in [-0.15, -0.1) is 0 Å². The number of carbonyl (C=O) groups is 1. The highest BCUT2D eigenvalue weighted by Crippen LogP contribution is 2.37. The van der Waals surface area contributed by atoms with Crippen LogP contribution in [0.2, 0.25) is 0 Å². The van der Waals surface area contributed by atoms with Crippen molar-refractivity contribution in [1.82, 2.24) is 0 Å². The molecule has 0 heterocycles. The molecule has 0 amide bonds. The zero-order chi connectivity index (χ0) is 11.9. The van der Waals surface area contributed by atoms with Crippen LogP contribution in [0.3, 0.4) is 0 Å². The van der Waals surface area contributed by atoms with Crippen LogP contribution in [0.1, 0.15) is 25.0 Å². The Hall–Kier alpha value is -1.09. The maximum Gasteiger partial charge on any atom is 0.313 e. The fourth-order valence-electron chi connectivity index (χ4n) is 1.85. The molecule has 2 nitrogen and oxygen atoms in total. The molecule has 0 unspecified atom stereocenters. The molecule has 84 valence electrons. The average Bonchev–Trinajstić information content (AvgIpc) is 2.60. The summed E-state index contributed by atoms with van der Waals surface area (Å²) >= 11 is 3.42. The third-order valence-corrected chi connectivity index (χ3v) is 3.65. The average molecular weight is 281 g/mol. The molecule has 1 N–H and O–H groups in total. The summed E-state index contributed by atoms with van der Waals surface area (Å²) in [7, 11) is 0. The molecular formula is C13H13BrO2. The first-order valence-corrected chi connectivity index (χ1v) is 5.93. The van der Waals surface area contributed by atoms with Crippen LogP contribution in [0.4, 0.5) is 0 Å². The first kappa shape index (κ1) is 11.4. The van der Waals surface area contributed by atoms with Crippen LogP contribution >= 0.6 is 15.9 Å². The van der Waals surface area contributed by atoms with Gasteiger partial charge in [0.05, 0.1) is 5.41 Å². The first-order valence-electron chi connectivity index (χ1n) is 5.14.